The molecule has 1 unspecified atom stereocenters. The first-order valence-electron chi connectivity index (χ1n) is 14.3. The summed E-state index contributed by atoms with van der Waals surface area (Å²) in [7, 11) is 0. The summed E-state index contributed by atoms with van der Waals surface area (Å²) in [5.41, 5.74) is 0. The number of carboxylic acid groups (broad SMARTS) is 1. The summed E-state index contributed by atoms with van der Waals surface area (Å²) in [4.78, 5) is 22.9. The van der Waals surface area contributed by atoms with Crippen LogP contribution in [0.2, 0.25) is 0 Å². The number of esters is 1. The predicted molar refractivity (Wildman–Crippen MR) is 144 cm³/mol. The van der Waals surface area contributed by atoms with Gasteiger partial charge >= 0.3 is 11.9 Å². The number of rotatable bonds is 26. The Hall–Kier alpha value is -1.58. The smallest absolute Gasteiger partial charge is 0.307 e. The molecule has 0 aliphatic heterocycles. The molecule has 0 heterocycles. The van der Waals surface area contributed by atoms with E-state index in [1.54, 1.807) is 0 Å². The van der Waals surface area contributed by atoms with Gasteiger partial charge in [-0.1, -0.05) is 134 Å². The second-order valence-electron chi connectivity index (χ2n) is 9.71. The van der Waals surface area contributed by atoms with Gasteiger partial charge in [0.15, 0.2) is 0 Å². The van der Waals surface area contributed by atoms with E-state index in [0.717, 1.165) is 6.42 Å². The molecule has 0 aromatic rings. The van der Waals surface area contributed by atoms with Crippen LogP contribution in [-0.4, -0.2) is 23.7 Å². The van der Waals surface area contributed by atoms with E-state index < -0.39 is 17.9 Å². The van der Waals surface area contributed by atoms with Crippen molar-refractivity contribution in [2.45, 2.75) is 142 Å². The molecule has 0 saturated carbocycles. The third kappa shape index (κ3) is 23.6. The number of carboxylic acids is 1. The first kappa shape index (κ1) is 32.4. The maximum Gasteiger partial charge on any atom is 0.307 e. The Morgan fingerprint density at radius 1 is 0.735 bits per heavy atom. The van der Waals surface area contributed by atoms with E-state index in [1.807, 2.05) is 0 Å². The predicted octanol–water partition coefficient (Wildman–Crippen LogP) is 9.18. The highest BCUT2D eigenvalue weighted by Crippen LogP contribution is 2.16. The number of unbranched alkanes of at least 4 members (excludes halogenated alkanes) is 17. The molecule has 0 spiro atoms. The summed E-state index contributed by atoms with van der Waals surface area (Å²) >= 11 is 0. The topological polar surface area (TPSA) is 63.6 Å². The van der Waals surface area contributed by atoms with Crippen LogP contribution in [0.3, 0.4) is 0 Å². The Bertz CT molecular complexity index is 512. The molecule has 4 nitrogen and oxygen atoms in total. The summed E-state index contributed by atoms with van der Waals surface area (Å²) in [6.45, 7) is 5.89. The van der Waals surface area contributed by atoms with Crippen LogP contribution in [0.4, 0.5) is 0 Å². The van der Waals surface area contributed by atoms with Gasteiger partial charge in [-0.3, -0.25) is 9.59 Å². The van der Waals surface area contributed by atoms with Crippen molar-refractivity contribution < 1.29 is 19.4 Å². The Kier molecular flexibility index (Phi) is 24.8. The lowest BCUT2D eigenvalue weighted by Crippen LogP contribution is -2.19. The standard InChI is InChI=1S/C30H54O4/c1-3-5-6-7-8-9-10-11-12-13-14-15-16-17-18-19-20-21-22-23-24-25-28(30(32)33)27-29(31)34-26-4-2/h4,22-23,28H,2-3,5-21,24-27H2,1H3,(H,32,33)/b23-22+. The largest absolute Gasteiger partial charge is 0.481 e. The van der Waals surface area contributed by atoms with Gasteiger partial charge in [0.2, 0.25) is 0 Å². The van der Waals surface area contributed by atoms with Crippen LogP contribution in [0.25, 0.3) is 0 Å². The fourth-order valence-corrected chi connectivity index (χ4v) is 4.25. The SMILES string of the molecule is C=CCOC(=O)CC(CC/C=C/CCCCCCCCCCCCCCCCCCC)C(=O)O. The van der Waals surface area contributed by atoms with Crippen LogP contribution in [0, 0.1) is 5.92 Å². The highest BCUT2D eigenvalue weighted by atomic mass is 16.5. The summed E-state index contributed by atoms with van der Waals surface area (Å²) in [6.07, 6.45) is 31.3. The molecular formula is C30H54O4. The fourth-order valence-electron chi connectivity index (χ4n) is 4.25. The molecule has 0 aliphatic rings. The molecule has 1 atom stereocenters. The van der Waals surface area contributed by atoms with Crippen molar-refractivity contribution in [3.05, 3.63) is 24.8 Å². The van der Waals surface area contributed by atoms with Crippen LogP contribution >= 0.6 is 0 Å². The molecular weight excluding hydrogens is 424 g/mol. The van der Waals surface area contributed by atoms with Crippen molar-refractivity contribution in [2.75, 3.05) is 6.61 Å². The highest BCUT2D eigenvalue weighted by molar-refractivity contribution is 5.78. The summed E-state index contributed by atoms with van der Waals surface area (Å²) in [6, 6.07) is 0. The molecule has 0 amide bonds. The Balaban J connectivity index is 3.42. The minimum absolute atomic E-state index is 0.0732. The number of aliphatic carboxylic acids is 1. The Morgan fingerprint density at radius 2 is 1.18 bits per heavy atom. The van der Waals surface area contributed by atoms with Gasteiger partial charge in [0, 0.05) is 0 Å². The molecule has 4 heteroatoms. The van der Waals surface area contributed by atoms with E-state index in [4.69, 9.17) is 4.74 Å². The van der Waals surface area contributed by atoms with E-state index in [1.165, 1.54) is 115 Å². The van der Waals surface area contributed by atoms with E-state index in [-0.39, 0.29) is 13.0 Å². The Labute approximate surface area is 210 Å². The molecule has 0 rings (SSSR count). The molecule has 34 heavy (non-hydrogen) atoms. The van der Waals surface area contributed by atoms with Gasteiger partial charge in [0.1, 0.15) is 6.61 Å². The third-order valence-corrected chi connectivity index (χ3v) is 6.45. The second-order valence-corrected chi connectivity index (χ2v) is 9.71. The first-order chi connectivity index (χ1) is 16.6. The van der Waals surface area contributed by atoms with Gasteiger partial charge in [-0.05, 0) is 25.7 Å². The van der Waals surface area contributed by atoms with Crippen molar-refractivity contribution in [1.82, 2.24) is 0 Å². The minimum Gasteiger partial charge on any atom is -0.481 e. The van der Waals surface area contributed by atoms with Gasteiger partial charge in [0.05, 0.1) is 12.3 Å². The maximum atomic E-state index is 11.6. The average molecular weight is 479 g/mol. The van der Waals surface area contributed by atoms with Gasteiger partial charge in [0.25, 0.3) is 0 Å². The van der Waals surface area contributed by atoms with Crippen LogP contribution in [-0.2, 0) is 14.3 Å². The molecule has 0 aromatic heterocycles. The zero-order valence-electron chi connectivity index (χ0n) is 22.2. The van der Waals surface area contributed by atoms with Crippen molar-refractivity contribution in [1.29, 1.82) is 0 Å². The molecule has 0 radical (unpaired) electrons. The summed E-state index contributed by atoms with van der Waals surface area (Å²) < 4.78 is 4.88. The van der Waals surface area contributed by atoms with Crippen LogP contribution in [0.1, 0.15) is 142 Å². The average Bonchev–Trinajstić information content (AvgIpc) is 2.82. The molecule has 1 N–H and O–H groups in total. The molecule has 0 aliphatic carbocycles. The van der Waals surface area contributed by atoms with Crippen molar-refractivity contribution in [2.24, 2.45) is 5.92 Å². The van der Waals surface area contributed by atoms with E-state index >= 15 is 0 Å². The molecule has 0 bridgehead atoms. The number of allylic oxidation sites excluding steroid dienone is 2. The molecule has 0 aromatic carbocycles. The number of ether oxygens (including phenoxy) is 1. The lowest BCUT2D eigenvalue weighted by atomic mass is 9.99. The van der Waals surface area contributed by atoms with Crippen LogP contribution in [0.15, 0.2) is 24.8 Å². The van der Waals surface area contributed by atoms with Crippen LogP contribution in [0.5, 0.6) is 0 Å². The Morgan fingerprint density at radius 3 is 1.62 bits per heavy atom. The van der Waals surface area contributed by atoms with Gasteiger partial charge in [-0.15, -0.1) is 0 Å². The van der Waals surface area contributed by atoms with E-state index in [9.17, 15) is 14.7 Å². The maximum absolute atomic E-state index is 11.6. The monoisotopic (exact) mass is 478 g/mol. The van der Waals surface area contributed by atoms with Crippen LogP contribution < -0.4 is 0 Å². The quantitative estimate of drug-likeness (QED) is 0.0764. The summed E-state index contributed by atoms with van der Waals surface area (Å²) in [5, 5.41) is 9.26. The van der Waals surface area contributed by atoms with Gasteiger partial charge < -0.3 is 9.84 Å². The number of carbonyl (C=O) groups is 2. The second kappa shape index (κ2) is 26.0. The number of hydrogen-bond donors (Lipinski definition) is 1. The van der Waals surface area contributed by atoms with Gasteiger partial charge in [-0.2, -0.15) is 0 Å². The van der Waals surface area contributed by atoms with Crippen molar-refractivity contribution in [3.8, 4) is 0 Å². The van der Waals surface area contributed by atoms with E-state index in [2.05, 4.69) is 25.7 Å². The zero-order chi connectivity index (χ0) is 25.1. The molecule has 198 valence electrons. The zero-order valence-corrected chi connectivity index (χ0v) is 22.2. The lowest BCUT2D eigenvalue weighted by molar-refractivity contribution is -0.151. The normalized spacial score (nSPS) is 12.1. The van der Waals surface area contributed by atoms with E-state index in [0.29, 0.717) is 12.8 Å². The molecule has 0 fully saturated rings. The summed E-state index contributed by atoms with van der Waals surface area (Å²) in [5.74, 6) is -2.08. The highest BCUT2D eigenvalue weighted by Gasteiger charge is 2.21. The first-order valence-corrected chi connectivity index (χ1v) is 14.3. The molecule has 0 saturated heterocycles. The minimum atomic E-state index is -0.933. The third-order valence-electron chi connectivity index (χ3n) is 6.45. The number of carbonyl (C=O) groups excluding carboxylic acids is 1. The number of hydrogen-bond acceptors (Lipinski definition) is 3. The lowest BCUT2D eigenvalue weighted by Gasteiger charge is -2.10. The van der Waals surface area contributed by atoms with Crippen molar-refractivity contribution in [3.63, 3.8) is 0 Å². The van der Waals surface area contributed by atoms with Crippen molar-refractivity contribution >= 4 is 11.9 Å². The van der Waals surface area contributed by atoms with Gasteiger partial charge in [-0.25, -0.2) is 0 Å². The fraction of sp³-hybridized carbons (Fsp3) is 0.800.